The Bertz CT molecular complexity index is 1780. The molecule has 0 unspecified atom stereocenters. The lowest BCUT2D eigenvalue weighted by Gasteiger charge is -2.08. The summed E-state index contributed by atoms with van der Waals surface area (Å²) >= 11 is 0. The molecule has 0 fully saturated rings. The number of fused-ring (bicyclic) bond motifs is 9. The minimum atomic E-state index is -0.0305. The first-order chi connectivity index (χ1) is 17.7. The summed E-state index contributed by atoms with van der Waals surface area (Å²) in [5.74, 6) is 0.624. The average Bonchev–Trinajstić information content (AvgIpc) is 3.52. The molecule has 4 aromatic heterocycles. The van der Waals surface area contributed by atoms with Crippen molar-refractivity contribution in [1.29, 1.82) is 0 Å². The first kappa shape index (κ1) is 20.5. The number of imidazole rings is 1. The fourth-order valence-corrected chi connectivity index (χ4v) is 4.82. The molecule has 8 nitrogen and oxygen atoms in total. The van der Waals surface area contributed by atoms with Crippen molar-refractivity contribution in [2.24, 2.45) is 0 Å². The number of H-pyrrole nitrogens is 2. The number of hydrogen-bond donors (Lipinski definition) is 3. The van der Waals surface area contributed by atoms with Gasteiger partial charge in [-0.2, -0.15) is 5.10 Å². The van der Waals surface area contributed by atoms with Gasteiger partial charge in [-0.05, 0) is 48.2 Å². The molecular weight excluding hydrogens is 450 g/mol. The molecule has 174 valence electrons. The fourth-order valence-electron chi connectivity index (χ4n) is 4.82. The number of aryl methyl sites for hydroxylation is 1. The molecule has 7 rings (SSSR count). The highest BCUT2D eigenvalue weighted by Gasteiger charge is 2.17. The molecule has 1 aliphatic heterocycles. The first-order valence-electron chi connectivity index (χ1n) is 11.9. The Balaban J connectivity index is 1.45. The van der Waals surface area contributed by atoms with Gasteiger partial charge in [0.2, 0.25) is 5.91 Å². The van der Waals surface area contributed by atoms with Gasteiger partial charge in [-0.15, -0.1) is 0 Å². The van der Waals surface area contributed by atoms with Crippen LogP contribution in [0.25, 0.3) is 56.0 Å². The van der Waals surface area contributed by atoms with Crippen LogP contribution < -0.4 is 5.32 Å². The van der Waals surface area contributed by atoms with Gasteiger partial charge in [0.25, 0.3) is 0 Å². The van der Waals surface area contributed by atoms with Crippen LogP contribution >= 0.6 is 0 Å². The van der Waals surface area contributed by atoms with E-state index in [9.17, 15) is 4.79 Å². The topological polar surface area (TPSA) is 112 Å². The van der Waals surface area contributed by atoms with E-state index in [1.165, 1.54) is 5.56 Å². The highest BCUT2D eigenvalue weighted by molar-refractivity contribution is 5.96. The average molecular weight is 472 g/mol. The normalized spacial score (nSPS) is 13.5. The van der Waals surface area contributed by atoms with Crippen molar-refractivity contribution in [2.75, 3.05) is 5.32 Å². The number of benzene rings is 2. The van der Waals surface area contributed by atoms with E-state index in [0.717, 1.165) is 51.8 Å². The van der Waals surface area contributed by atoms with Crippen molar-refractivity contribution in [2.45, 2.75) is 19.3 Å². The molecule has 0 aliphatic carbocycles. The van der Waals surface area contributed by atoms with E-state index >= 15 is 0 Å². The first-order valence-corrected chi connectivity index (χ1v) is 11.9. The molecule has 0 atom stereocenters. The number of carbonyl (C=O) groups excluding carboxylic acids is 1. The molecule has 6 aromatic rings. The van der Waals surface area contributed by atoms with Crippen LogP contribution in [0.15, 0.2) is 73.1 Å². The monoisotopic (exact) mass is 471 g/mol. The zero-order valence-electron chi connectivity index (χ0n) is 19.2. The predicted molar refractivity (Wildman–Crippen MR) is 139 cm³/mol. The number of hydrogen-bond acceptors (Lipinski definition) is 5. The Morgan fingerprint density at radius 3 is 2.72 bits per heavy atom. The molecule has 36 heavy (non-hydrogen) atoms. The third-order valence-corrected chi connectivity index (χ3v) is 6.57. The van der Waals surface area contributed by atoms with Crippen LogP contribution in [-0.2, 0) is 11.2 Å². The number of aromatic nitrogens is 6. The smallest absolute Gasteiger partial charge is 0.224 e. The Labute approximate surface area is 205 Å². The zero-order valence-corrected chi connectivity index (χ0v) is 19.2. The number of amides is 1. The van der Waals surface area contributed by atoms with Crippen LogP contribution in [0.3, 0.4) is 0 Å². The van der Waals surface area contributed by atoms with E-state index in [0.29, 0.717) is 29.1 Å². The van der Waals surface area contributed by atoms with Gasteiger partial charge in [-0.25, -0.2) is 9.97 Å². The van der Waals surface area contributed by atoms with E-state index in [-0.39, 0.29) is 5.91 Å². The van der Waals surface area contributed by atoms with Crippen LogP contribution in [0.5, 0.6) is 0 Å². The van der Waals surface area contributed by atoms with Crippen molar-refractivity contribution in [3.63, 3.8) is 0 Å². The molecule has 0 radical (unpaired) electrons. The number of anilines is 1. The highest BCUT2D eigenvalue weighted by atomic mass is 16.1. The molecule has 0 saturated heterocycles. The van der Waals surface area contributed by atoms with Crippen LogP contribution in [0, 0.1) is 0 Å². The molecule has 2 aromatic carbocycles. The van der Waals surface area contributed by atoms with Crippen LogP contribution in [0.4, 0.5) is 5.69 Å². The number of rotatable bonds is 0. The summed E-state index contributed by atoms with van der Waals surface area (Å²) in [7, 11) is 0. The van der Waals surface area contributed by atoms with E-state index < -0.39 is 0 Å². The van der Waals surface area contributed by atoms with Crippen molar-refractivity contribution >= 4 is 33.7 Å². The van der Waals surface area contributed by atoms with E-state index in [1.54, 1.807) is 12.4 Å². The Kier molecular flexibility index (Phi) is 4.63. The van der Waals surface area contributed by atoms with E-state index in [1.807, 2.05) is 30.3 Å². The van der Waals surface area contributed by atoms with Gasteiger partial charge in [0.15, 0.2) is 11.5 Å². The lowest BCUT2D eigenvalue weighted by molar-refractivity contribution is -0.116. The Hall–Kier alpha value is -4.85. The number of aromatic amines is 2. The van der Waals surface area contributed by atoms with E-state index in [4.69, 9.17) is 9.97 Å². The number of pyridine rings is 2. The Morgan fingerprint density at radius 1 is 0.806 bits per heavy atom. The van der Waals surface area contributed by atoms with Crippen molar-refractivity contribution in [3.8, 4) is 33.9 Å². The Morgan fingerprint density at radius 2 is 1.75 bits per heavy atom. The van der Waals surface area contributed by atoms with Crippen molar-refractivity contribution in [1.82, 2.24) is 30.1 Å². The molecule has 1 aliphatic rings. The lowest BCUT2D eigenvalue weighted by Crippen LogP contribution is -2.11. The summed E-state index contributed by atoms with van der Waals surface area (Å²) in [4.78, 5) is 30.3. The molecule has 0 spiro atoms. The maximum atomic E-state index is 12.6. The van der Waals surface area contributed by atoms with Gasteiger partial charge >= 0.3 is 0 Å². The lowest BCUT2D eigenvalue weighted by atomic mass is 9.99. The standard InChI is InChI=1S/C28H21N7O/c36-24-9-2-5-16-4-1-6-17(12-16)20-7-3-8-22-25(20)33-28(32-22)27-26-23(34-35-27)11-10-21(31-26)18-13-19(30-24)15-29-14-18/h1,3-4,6-8,10-15H,2,5,9H2,(H,30,36)(H,32,33)(H,34,35). The third-order valence-electron chi connectivity index (χ3n) is 6.57. The summed E-state index contributed by atoms with van der Waals surface area (Å²) in [6.45, 7) is 0. The summed E-state index contributed by atoms with van der Waals surface area (Å²) in [6.07, 6.45) is 5.38. The summed E-state index contributed by atoms with van der Waals surface area (Å²) in [6, 6.07) is 20.3. The van der Waals surface area contributed by atoms with Crippen LogP contribution in [0.1, 0.15) is 18.4 Å². The molecule has 8 heteroatoms. The minimum Gasteiger partial charge on any atom is -0.336 e. The van der Waals surface area contributed by atoms with Gasteiger partial charge in [-0.3, -0.25) is 14.9 Å². The predicted octanol–water partition coefficient (Wildman–Crippen LogP) is 5.51. The van der Waals surface area contributed by atoms with Gasteiger partial charge in [0.05, 0.1) is 34.1 Å². The maximum absolute atomic E-state index is 12.6. The van der Waals surface area contributed by atoms with Gasteiger partial charge < -0.3 is 10.3 Å². The van der Waals surface area contributed by atoms with E-state index in [2.05, 4.69) is 55.8 Å². The minimum absolute atomic E-state index is 0.0305. The van der Waals surface area contributed by atoms with Gasteiger partial charge in [-0.1, -0.05) is 36.4 Å². The molecule has 5 heterocycles. The zero-order chi connectivity index (χ0) is 24.1. The highest BCUT2D eigenvalue weighted by Crippen LogP contribution is 2.32. The number of nitrogens with zero attached hydrogens (tertiary/aromatic N) is 4. The quantitative estimate of drug-likeness (QED) is 0.271. The summed E-state index contributed by atoms with van der Waals surface area (Å²) in [5, 5.41) is 10.6. The second-order valence-corrected chi connectivity index (χ2v) is 9.02. The number of carbonyl (C=O) groups is 1. The summed E-state index contributed by atoms with van der Waals surface area (Å²) < 4.78 is 0. The molecule has 0 saturated carbocycles. The second kappa shape index (κ2) is 8.13. The molecule has 3 N–H and O–H groups in total. The summed E-state index contributed by atoms with van der Waals surface area (Å²) in [5.41, 5.74) is 9.50. The number of para-hydroxylation sites is 1. The maximum Gasteiger partial charge on any atom is 0.224 e. The van der Waals surface area contributed by atoms with Gasteiger partial charge in [0, 0.05) is 23.7 Å². The molecular formula is C28H21N7O. The fraction of sp³-hybridized carbons (Fsp3) is 0.107. The third kappa shape index (κ3) is 3.51. The van der Waals surface area contributed by atoms with Crippen molar-refractivity contribution < 1.29 is 4.79 Å². The van der Waals surface area contributed by atoms with Crippen molar-refractivity contribution in [3.05, 3.63) is 78.6 Å². The van der Waals surface area contributed by atoms with Gasteiger partial charge in [0.1, 0.15) is 5.52 Å². The SMILES string of the molecule is O=C1CCCc2cccc(c2)-c2cccc3[nH]c(nc23)-c2n[nH]c3ccc(nc23)-c2cncc(c2)N1. The molecule has 8 bridgehead atoms. The second-order valence-electron chi connectivity index (χ2n) is 9.02. The molecule has 1 amide bonds. The van der Waals surface area contributed by atoms with Crippen LogP contribution in [0.2, 0.25) is 0 Å². The number of nitrogens with one attached hydrogen (secondary N) is 3. The van der Waals surface area contributed by atoms with Crippen LogP contribution in [-0.4, -0.2) is 36.0 Å². The largest absolute Gasteiger partial charge is 0.336 e.